The summed E-state index contributed by atoms with van der Waals surface area (Å²) in [5.74, 6) is 1.01. The molecule has 1 aromatic heterocycles. The van der Waals surface area contributed by atoms with Crippen molar-refractivity contribution >= 4 is 0 Å². The largest absolute Gasteiger partial charge is 0.324 e. The Morgan fingerprint density at radius 3 is 2.92 bits per heavy atom. The lowest BCUT2D eigenvalue weighted by atomic mass is 10.2. The molecular formula is C8H11N3O. The summed E-state index contributed by atoms with van der Waals surface area (Å²) >= 11 is 0. The lowest BCUT2D eigenvalue weighted by molar-refractivity contribution is 0.866. The van der Waals surface area contributed by atoms with Crippen LogP contribution in [0.15, 0.2) is 11.0 Å². The number of nitrogens with one attached hydrogen (secondary N) is 1. The molecule has 1 aliphatic carbocycles. The van der Waals surface area contributed by atoms with E-state index in [1.54, 1.807) is 6.20 Å². The van der Waals surface area contributed by atoms with E-state index >= 15 is 0 Å². The second-order valence-electron chi connectivity index (χ2n) is 3.09. The molecule has 0 radical (unpaired) electrons. The Hall–Kier alpha value is -1.16. The topological polar surface area (TPSA) is 71.8 Å². The lowest BCUT2D eigenvalue weighted by Gasteiger charge is -1.97. The van der Waals surface area contributed by atoms with E-state index in [-0.39, 0.29) is 5.56 Å². The van der Waals surface area contributed by atoms with Crippen LogP contribution in [-0.4, -0.2) is 9.97 Å². The summed E-state index contributed by atoms with van der Waals surface area (Å²) in [7, 11) is 0. The fourth-order valence-electron chi connectivity index (χ4n) is 1.23. The fourth-order valence-corrected chi connectivity index (χ4v) is 1.23. The van der Waals surface area contributed by atoms with Crippen LogP contribution in [0.25, 0.3) is 0 Å². The van der Waals surface area contributed by atoms with Gasteiger partial charge in [0.15, 0.2) is 0 Å². The average molecular weight is 165 g/mol. The Labute approximate surface area is 69.8 Å². The monoisotopic (exact) mass is 165 g/mol. The van der Waals surface area contributed by atoms with Gasteiger partial charge in [-0.3, -0.25) is 4.79 Å². The van der Waals surface area contributed by atoms with E-state index in [1.165, 1.54) is 0 Å². The highest BCUT2D eigenvalue weighted by molar-refractivity contribution is 5.17. The van der Waals surface area contributed by atoms with E-state index in [4.69, 9.17) is 5.73 Å². The molecule has 1 heterocycles. The van der Waals surface area contributed by atoms with Crippen LogP contribution in [0.2, 0.25) is 0 Å². The van der Waals surface area contributed by atoms with Crippen molar-refractivity contribution in [3.05, 3.63) is 27.9 Å². The standard InChI is InChI=1S/C8H11N3O/c9-3-7-10-4-6(5-1-2-5)8(12)11-7/h4-5H,1-3,9H2,(H,10,11,12). The minimum absolute atomic E-state index is 0.0204. The summed E-state index contributed by atoms with van der Waals surface area (Å²) in [4.78, 5) is 18.0. The maximum atomic E-state index is 11.3. The summed E-state index contributed by atoms with van der Waals surface area (Å²) in [6.07, 6.45) is 3.89. The summed E-state index contributed by atoms with van der Waals surface area (Å²) in [6.45, 7) is 0.292. The molecule has 4 heteroatoms. The molecule has 0 aromatic carbocycles. The number of hydrogen-bond acceptors (Lipinski definition) is 3. The van der Waals surface area contributed by atoms with Gasteiger partial charge in [0.05, 0.1) is 6.54 Å². The summed E-state index contributed by atoms with van der Waals surface area (Å²) in [5.41, 5.74) is 6.12. The van der Waals surface area contributed by atoms with Gasteiger partial charge in [-0.25, -0.2) is 4.98 Å². The zero-order valence-corrected chi connectivity index (χ0v) is 6.71. The summed E-state index contributed by atoms with van der Waals surface area (Å²) < 4.78 is 0. The van der Waals surface area contributed by atoms with Crippen LogP contribution in [0.5, 0.6) is 0 Å². The number of aromatic nitrogens is 2. The molecule has 0 spiro atoms. The van der Waals surface area contributed by atoms with Gasteiger partial charge in [0, 0.05) is 11.8 Å². The van der Waals surface area contributed by atoms with Gasteiger partial charge in [-0.2, -0.15) is 0 Å². The van der Waals surface area contributed by atoms with Gasteiger partial charge < -0.3 is 10.7 Å². The molecule has 12 heavy (non-hydrogen) atoms. The predicted molar refractivity (Wildman–Crippen MR) is 44.7 cm³/mol. The van der Waals surface area contributed by atoms with E-state index in [9.17, 15) is 4.79 Å². The minimum atomic E-state index is -0.0204. The van der Waals surface area contributed by atoms with Gasteiger partial charge in [0.2, 0.25) is 0 Å². The smallest absolute Gasteiger partial charge is 0.254 e. The molecule has 0 amide bonds. The first-order valence-electron chi connectivity index (χ1n) is 4.09. The lowest BCUT2D eigenvalue weighted by Crippen LogP contribution is -2.17. The molecule has 64 valence electrons. The second-order valence-corrected chi connectivity index (χ2v) is 3.09. The van der Waals surface area contributed by atoms with E-state index in [2.05, 4.69) is 9.97 Å². The zero-order valence-electron chi connectivity index (χ0n) is 6.71. The molecule has 0 atom stereocenters. The van der Waals surface area contributed by atoms with Crippen molar-refractivity contribution < 1.29 is 0 Å². The average Bonchev–Trinajstić information content (AvgIpc) is 2.87. The van der Waals surface area contributed by atoms with Crippen molar-refractivity contribution in [2.24, 2.45) is 5.73 Å². The van der Waals surface area contributed by atoms with Crippen LogP contribution >= 0.6 is 0 Å². The Bertz CT molecular complexity index is 340. The third-order valence-electron chi connectivity index (χ3n) is 2.09. The maximum absolute atomic E-state index is 11.3. The second kappa shape index (κ2) is 2.71. The van der Waals surface area contributed by atoms with Gasteiger partial charge >= 0.3 is 0 Å². The maximum Gasteiger partial charge on any atom is 0.254 e. The number of rotatable bonds is 2. The van der Waals surface area contributed by atoms with Crippen LogP contribution in [0.4, 0.5) is 0 Å². The number of hydrogen-bond donors (Lipinski definition) is 2. The quantitative estimate of drug-likeness (QED) is 0.653. The highest BCUT2D eigenvalue weighted by atomic mass is 16.1. The molecule has 0 aliphatic heterocycles. The van der Waals surface area contributed by atoms with Crippen molar-refractivity contribution in [2.75, 3.05) is 0 Å². The van der Waals surface area contributed by atoms with Crippen molar-refractivity contribution in [1.29, 1.82) is 0 Å². The molecule has 4 nitrogen and oxygen atoms in total. The third-order valence-corrected chi connectivity index (χ3v) is 2.09. The van der Waals surface area contributed by atoms with E-state index < -0.39 is 0 Å². The molecular weight excluding hydrogens is 154 g/mol. The van der Waals surface area contributed by atoms with Crippen LogP contribution < -0.4 is 11.3 Å². The van der Waals surface area contributed by atoms with E-state index in [0.717, 1.165) is 18.4 Å². The Morgan fingerprint density at radius 2 is 2.42 bits per heavy atom. The van der Waals surface area contributed by atoms with Crippen LogP contribution in [0.3, 0.4) is 0 Å². The Morgan fingerprint density at radius 1 is 1.67 bits per heavy atom. The van der Waals surface area contributed by atoms with Gasteiger partial charge in [0.1, 0.15) is 5.82 Å². The third kappa shape index (κ3) is 1.25. The van der Waals surface area contributed by atoms with Crippen molar-refractivity contribution in [2.45, 2.75) is 25.3 Å². The van der Waals surface area contributed by atoms with E-state index in [0.29, 0.717) is 18.3 Å². The fraction of sp³-hybridized carbons (Fsp3) is 0.500. The number of aromatic amines is 1. The van der Waals surface area contributed by atoms with Gasteiger partial charge in [-0.05, 0) is 18.8 Å². The Balaban J connectivity index is 2.39. The minimum Gasteiger partial charge on any atom is -0.324 e. The molecule has 2 rings (SSSR count). The van der Waals surface area contributed by atoms with E-state index in [1.807, 2.05) is 0 Å². The first-order valence-corrected chi connectivity index (χ1v) is 4.09. The molecule has 3 N–H and O–H groups in total. The molecule has 1 aromatic rings. The molecule has 1 fully saturated rings. The highest BCUT2D eigenvalue weighted by Gasteiger charge is 2.26. The molecule has 0 saturated heterocycles. The first kappa shape index (κ1) is 7.49. The molecule has 1 aliphatic rings. The number of nitrogens with two attached hydrogens (primary N) is 1. The van der Waals surface area contributed by atoms with Crippen LogP contribution in [0, 0.1) is 0 Å². The van der Waals surface area contributed by atoms with Gasteiger partial charge in [-0.1, -0.05) is 0 Å². The van der Waals surface area contributed by atoms with Gasteiger partial charge in [-0.15, -0.1) is 0 Å². The molecule has 0 bridgehead atoms. The van der Waals surface area contributed by atoms with Crippen molar-refractivity contribution in [3.63, 3.8) is 0 Å². The molecule has 1 saturated carbocycles. The van der Waals surface area contributed by atoms with Crippen LogP contribution in [-0.2, 0) is 6.54 Å². The SMILES string of the molecule is NCc1ncc(C2CC2)c(=O)[nH]1. The summed E-state index contributed by atoms with van der Waals surface area (Å²) in [5, 5.41) is 0. The Kier molecular flexibility index (Phi) is 1.69. The van der Waals surface area contributed by atoms with Crippen molar-refractivity contribution in [1.82, 2.24) is 9.97 Å². The summed E-state index contributed by atoms with van der Waals surface area (Å²) in [6, 6.07) is 0. The van der Waals surface area contributed by atoms with Gasteiger partial charge in [0.25, 0.3) is 5.56 Å². The number of H-pyrrole nitrogens is 1. The highest BCUT2D eigenvalue weighted by Crippen LogP contribution is 2.37. The van der Waals surface area contributed by atoms with Crippen LogP contribution in [0.1, 0.15) is 30.1 Å². The van der Waals surface area contributed by atoms with Crippen molar-refractivity contribution in [3.8, 4) is 0 Å². The zero-order chi connectivity index (χ0) is 8.55. The normalized spacial score (nSPS) is 16.4. The molecule has 0 unspecified atom stereocenters. The predicted octanol–water partition coefficient (Wildman–Crippen LogP) is 0.106. The number of nitrogens with zero attached hydrogens (tertiary/aromatic N) is 1. The first-order chi connectivity index (χ1) is 5.81.